The molecule has 4 bridgehead atoms. The zero-order valence-corrected chi connectivity index (χ0v) is 10.8. The van der Waals surface area contributed by atoms with Crippen molar-refractivity contribution >= 4 is 5.97 Å². The lowest BCUT2D eigenvalue weighted by molar-refractivity contribution is -0.155. The molecular formula is C14H22O2. The smallest absolute Gasteiger partial charge is 0.309 e. The standard InChI is InChI=1S/C14H22O2/c1-12(2)13(3)5-9-6-14(12,4)8-10(7-13)16-11(9)15/h9-10H,5-8H2,1-4H3. The molecule has 0 aromatic rings. The van der Waals surface area contributed by atoms with Gasteiger partial charge < -0.3 is 4.74 Å². The maximum Gasteiger partial charge on any atom is 0.309 e. The molecule has 0 N–H and O–H groups in total. The highest BCUT2D eigenvalue weighted by molar-refractivity contribution is 5.74. The van der Waals surface area contributed by atoms with Crippen molar-refractivity contribution in [3.63, 3.8) is 0 Å². The lowest BCUT2D eigenvalue weighted by atomic mass is 9.41. The zero-order chi connectivity index (χ0) is 11.8. The number of rotatable bonds is 0. The molecule has 2 unspecified atom stereocenters. The maximum atomic E-state index is 11.9. The van der Waals surface area contributed by atoms with Gasteiger partial charge in [-0.25, -0.2) is 0 Å². The third kappa shape index (κ3) is 1.01. The SMILES string of the molecule is CC12CC3CC(C)(CC(C1)C(=O)O3)C2(C)C. The van der Waals surface area contributed by atoms with Gasteiger partial charge in [0.15, 0.2) is 0 Å². The van der Waals surface area contributed by atoms with Crippen LogP contribution < -0.4 is 0 Å². The number of carbonyl (C=O) groups is 1. The molecule has 4 aliphatic rings. The average Bonchev–Trinajstić information content (AvgIpc) is 2.26. The minimum atomic E-state index is 0.0768. The number of carbonyl (C=O) groups excluding carboxylic acids is 1. The molecule has 4 fully saturated rings. The van der Waals surface area contributed by atoms with Crippen LogP contribution in [0.1, 0.15) is 53.4 Å². The van der Waals surface area contributed by atoms with E-state index >= 15 is 0 Å². The van der Waals surface area contributed by atoms with E-state index < -0.39 is 0 Å². The average molecular weight is 222 g/mol. The first-order valence-electron chi connectivity index (χ1n) is 6.48. The predicted molar refractivity (Wildman–Crippen MR) is 61.8 cm³/mol. The van der Waals surface area contributed by atoms with Crippen molar-refractivity contribution in [2.75, 3.05) is 0 Å². The topological polar surface area (TPSA) is 26.3 Å². The molecule has 16 heavy (non-hydrogen) atoms. The Morgan fingerprint density at radius 3 is 2.00 bits per heavy atom. The molecule has 90 valence electrons. The van der Waals surface area contributed by atoms with Crippen LogP contribution in [0.5, 0.6) is 0 Å². The monoisotopic (exact) mass is 222 g/mol. The number of hydrogen-bond donors (Lipinski definition) is 0. The van der Waals surface area contributed by atoms with Crippen LogP contribution in [0.3, 0.4) is 0 Å². The molecule has 0 aromatic carbocycles. The molecule has 4 rings (SSSR count). The minimum absolute atomic E-state index is 0.0768. The number of hydrogen-bond acceptors (Lipinski definition) is 2. The number of ether oxygens (including phenoxy) is 1. The first-order chi connectivity index (χ1) is 7.27. The fourth-order valence-corrected chi connectivity index (χ4v) is 4.66. The zero-order valence-electron chi connectivity index (χ0n) is 10.8. The summed E-state index contributed by atoms with van der Waals surface area (Å²) in [5, 5.41) is 0. The van der Waals surface area contributed by atoms with Crippen LogP contribution in [-0.2, 0) is 9.53 Å². The van der Waals surface area contributed by atoms with Gasteiger partial charge in [0.25, 0.3) is 0 Å². The van der Waals surface area contributed by atoms with E-state index in [0.29, 0.717) is 5.41 Å². The predicted octanol–water partition coefficient (Wildman–Crippen LogP) is 3.15. The summed E-state index contributed by atoms with van der Waals surface area (Å²) in [6.45, 7) is 9.53. The van der Waals surface area contributed by atoms with Gasteiger partial charge in [-0.05, 0) is 41.9 Å². The summed E-state index contributed by atoms with van der Waals surface area (Å²) in [7, 11) is 0. The largest absolute Gasteiger partial charge is 0.462 e. The molecule has 2 heterocycles. The normalized spacial score (nSPS) is 53.6. The van der Waals surface area contributed by atoms with Crippen molar-refractivity contribution < 1.29 is 9.53 Å². The molecule has 2 aliphatic heterocycles. The second-order valence-electron chi connectivity index (χ2n) is 7.32. The Morgan fingerprint density at radius 1 is 1.00 bits per heavy atom. The van der Waals surface area contributed by atoms with Crippen molar-refractivity contribution in [1.82, 2.24) is 0 Å². The molecule has 0 spiro atoms. The third-order valence-corrected chi connectivity index (χ3v) is 6.38. The Balaban J connectivity index is 2.14. The first-order valence-corrected chi connectivity index (χ1v) is 6.48. The Bertz CT molecular complexity index is 336. The molecule has 0 aromatic heterocycles. The highest BCUT2D eigenvalue weighted by Gasteiger charge is 2.64. The van der Waals surface area contributed by atoms with Gasteiger partial charge in [0, 0.05) is 0 Å². The van der Waals surface area contributed by atoms with E-state index in [4.69, 9.17) is 4.74 Å². The quantitative estimate of drug-likeness (QED) is 0.588. The number of fused-ring (bicyclic) bond motifs is 1. The molecule has 2 nitrogen and oxygen atoms in total. The highest BCUT2D eigenvalue weighted by atomic mass is 16.5. The van der Waals surface area contributed by atoms with Gasteiger partial charge in [-0.15, -0.1) is 0 Å². The van der Waals surface area contributed by atoms with E-state index in [0.717, 1.165) is 25.7 Å². The van der Waals surface area contributed by atoms with Crippen molar-refractivity contribution in [2.24, 2.45) is 22.2 Å². The van der Waals surface area contributed by atoms with Gasteiger partial charge in [0.05, 0.1) is 5.92 Å². The summed E-state index contributed by atoms with van der Waals surface area (Å²) in [5.41, 5.74) is 0.875. The minimum Gasteiger partial charge on any atom is -0.462 e. The van der Waals surface area contributed by atoms with Gasteiger partial charge in [-0.2, -0.15) is 0 Å². The van der Waals surface area contributed by atoms with Crippen LogP contribution in [0.25, 0.3) is 0 Å². The van der Waals surface area contributed by atoms with Crippen molar-refractivity contribution in [3.05, 3.63) is 0 Å². The van der Waals surface area contributed by atoms with Gasteiger partial charge in [0.2, 0.25) is 0 Å². The van der Waals surface area contributed by atoms with Crippen LogP contribution >= 0.6 is 0 Å². The van der Waals surface area contributed by atoms with E-state index in [1.54, 1.807) is 0 Å². The molecule has 0 amide bonds. The third-order valence-electron chi connectivity index (χ3n) is 6.38. The van der Waals surface area contributed by atoms with E-state index in [2.05, 4.69) is 27.7 Å². The van der Waals surface area contributed by atoms with E-state index in [1.807, 2.05) is 0 Å². The van der Waals surface area contributed by atoms with Crippen LogP contribution in [0.2, 0.25) is 0 Å². The fourth-order valence-electron chi connectivity index (χ4n) is 4.66. The Hall–Kier alpha value is -0.530. The lowest BCUT2D eigenvalue weighted by Crippen LogP contribution is -2.57. The molecular weight excluding hydrogens is 200 g/mol. The van der Waals surface area contributed by atoms with E-state index in [-0.39, 0.29) is 28.8 Å². The van der Waals surface area contributed by atoms with Crippen molar-refractivity contribution in [2.45, 2.75) is 59.5 Å². The summed E-state index contributed by atoms with van der Waals surface area (Å²) >= 11 is 0. The Morgan fingerprint density at radius 2 is 1.50 bits per heavy atom. The second-order valence-corrected chi connectivity index (χ2v) is 7.32. The summed E-state index contributed by atoms with van der Waals surface area (Å²) in [5.74, 6) is 0.239. The second kappa shape index (κ2) is 2.65. The Kier molecular flexibility index (Phi) is 1.76. The molecule has 2 saturated heterocycles. The van der Waals surface area contributed by atoms with Gasteiger partial charge in [-0.3, -0.25) is 4.79 Å². The summed E-state index contributed by atoms with van der Waals surface area (Å²) in [6, 6.07) is 0. The summed E-state index contributed by atoms with van der Waals surface area (Å²) in [6.07, 6.45) is 4.38. The lowest BCUT2D eigenvalue weighted by Gasteiger charge is -2.63. The van der Waals surface area contributed by atoms with E-state index in [1.165, 1.54) is 0 Å². The Labute approximate surface area is 97.7 Å². The molecule has 2 heteroatoms. The van der Waals surface area contributed by atoms with Crippen LogP contribution in [-0.4, -0.2) is 12.1 Å². The van der Waals surface area contributed by atoms with Gasteiger partial charge >= 0.3 is 5.97 Å². The van der Waals surface area contributed by atoms with Crippen molar-refractivity contribution in [1.29, 1.82) is 0 Å². The van der Waals surface area contributed by atoms with E-state index in [9.17, 15) is 4.79 Å². The molecule has 0 radical (unpaired) electrons. The van der Waals surface area contributed by atoms with Gasteiger partial charge in [0.1, 0.15) is 6.10 Å². The summed E-state index contributed by atoms with van der Waals surface area (Å²) in [4.78, 5) is 11.9. The van der Waals surface area contributed by atoms with Crippen molar-refractivity contribution in [3.8, 4) is 0 Å². The van der Waals surface area contributed by atoms with Crippen LogP contribution in [0.4, 0.5) is 0 Å². The van der Waals surface area contributed by atoms with Gasteiger partial charge in [-0.1, -0.05) is 27.7 Å². The number of esters is 1. The molecule has 2 atom stereocenters. The van der Waals surface area contributed by atoms with Crippen LogP contribution in [0.15, 0.2) is 0 Å². The maximum absolute atomic E-state index is 11.9. The first kappa shape index (κ1) is 10.6. The van der Waals surface area contributed by atoms with Crippen LogP contribution in [0, 0.1) is 22.2 Å². The highest BCUT2D eigenvalue weighted by Crippen LogP contribution is 2.69. The molecule has 2 saturated carbocycles. The fraction of sp³-hybridized carbons (Fsp3) is 0.929. The summed E-state index contributed by atoms with van der Waals surface area (Å²) < 4.78 is 5.62. The molecule has 2 aliphatic carbocycles.